The van der Waals surface area contributed by atoms with Gasteiger partial charge < -0.3 is 4.74 Å². The van der Waals surface area contributed by atoms with Crippen LogP contribution in [0.15, 0.2) is 73.4 Å². The lowest BCUT2D eigenvalue weighted by molar-refractivity contribution is 0.0991. The van der Waals surface area contributed by atoms with Crippen LogP contribution in [-0.4, -0.2) is 25.7 Å². The molecule has 0 bridgehead atoms. The lowest BCUT2D eigenvalue weighted by Gasteiger charge is -2.09. The van der Waals surface area contributed by atoms with Gasteiger partial charge in [-0.1, -0.05) is 17.7 Å². The Labute approximate surface area is 178 Å². The van der Waals surface area contributed by atoms with E-state index in [-0.39, 0.29) is 18.2 Å². The van der Waals surface area contributed by atoms with Gasteiger partial charge in [0.2, 0.25) is 0 Å². The second kappa shape index (κ2) is 8.80. The SMILES string of the molecule is Cc1ccncc1C(=O)Cc1ccc(-c2cc(Oc3ncccn3)ccc2Cl)cn1. The van der Waals surface area contributed by atoms with E-state index < -0.39 is 0 Å². The first-order valence-corrected chi connectivity index (χ1v) is 9.61. The Kier molecular flexibility index (Phi) is 5.77. The van der Waals surface area contributed by atoms with Crippen LogP contribution >= 0.6 is 11.6 Å². The Morgan fingerprint density at radius 1 is 1.00 bits per heavy atom. The van der Waals surface area contributed by atoms with Gasteiger partial charge in [-0.05, 0) is 48.9 Å². The maximum absolute atomic E-state index is 12.5. The number of carbonyl (C=O) groups excluding carboxylic acids is 1. The normalized spacial score (nSPS) is 10.6. The molecule has 0 radical (unpaired) electrons. The molecule has 0 atom stereocenters. The van der Waals surface area contributed by atoms with Gasteiger partial charge in [0, 0.05) is 58.4 Å². The van der Waals surface area contributed by atoms with Crippen molar-refractivity contribution in [3.63, 3.8) is 0 Å². The largest absolute Gasteiger partial charge is 0.424 e. The summed E-state index contributed by atoms with van der Waals surface area (Å²) in [7, 11) is 0. The molecule has 0 amide bonds. The van der Waals surface area contributed by atoms with Crippen molar-refractivity contribution in [2.75, 3.05) is 0 Å². The Bertz CT molecular complexity index is 1180. The number of rotatable bonds is 6. The zero-order chi connectivity index (χ0) is 20.9. The van der Waals surface area contributed by atoms with Gasteiger partial charge in [0.05, 0.1) is 6.42 Å². The third-order valence-electron chi connectivity index (χ3n) is 4.51. The number of aromatic nitrogens is 4. The monoisotopic (exact) mass is 416 g/mol. The van der Waals surface area contributed by atoms with E-state index in [0.29, 0.717) is 22.0 Å². The molecule has 0 saturated heterocycles. The van der Waals surface area contributed by atoms with Crippen molar-refractivity contribution in [2.24, 2.45) is 0 Å². The first-order chi connectivity index (χ1) is 14.6. The van der Waals surface area contributed by atoms with Gasteiger partial charge in [-0.2, -0.15) is 0 Å². The highest BCUT2D eigenvalue weighted by Crippen LogP contribution is 2.32. The number of benzene rings is 1. The fourth-order valence-corrected chi connectivity index (χ4v) is 3.16. The molecule has 148 valence electrons. The van der Waals surface area contributed by atoms with Crippen LogP contribution in [0, 0.1) is 6.92 Å². The lowest BCUT2D eigenvalue weighted by atomic mass is 10.0. The highest BCUT2D eigenvalue weighted by Gasteiger charge is 2.12. The van der Waals surface area contributed by atoms with Crippen molar-refractivity contribution in [1.29, 1.82) is 0 Å². The molecule has 0 saturated carbocycles. The Hall–Kier alpha value is -3.64. The maximum atomic E-state index is 12.5. The number of halogens is 1. The van der Waals surface area contributed by atoms with Gasteiger partial charge in [0.1, 0.15) is 5.75 Å². The molecule has 6 nitrogen and oxygen atoms in total. The van der Waals surface area contributed by atoms with E-state index >= 15 is 0 Å². The molecule has 0 fully saturated rings. The molecule has 1 aromatic carbocycles. The fourth-order valence-electron chi connectivity index (χ4n) is 2.94. The minimum Gasteiger partial charge on any atom is -0.424 e. The zero-order valence-corrected chi connectivity index (χ0v) is 16.9. The van der Waals surface area contributed by atoms with Crippen LogP contribution in [0.3, 0.4) is 0 Å². The van der Waals surface area contributed by atoms with E-state index in [0.717, 1.165) is 16.7 Å². The predicted molar refractivity (Wildman–Crippen MR) is 114 cm³/mol. The highest BCUT2D eigenvalue weighted by molar-refractivity contribution is 6.33. The Morgan fingerprint density at radius 2 is 1.83 bits per heavy atom. The number of hydrogen-bond acceptors (Lipinski definition) is 6. The third kappa shape index (κ3) is 4.50. The van der Waals surface area contributed by atoms with E-state index in [1.165, 1.54) is 0 Å². The summed E-state index contributed by atoms with van der Waals surface area (Å²) in [5.41, 5.74) is 3.76. The van der Waals surface area contributed by atoms with Crippen LogP contribution in [0.2, 0.25) is 5.02 Å². The summed E-state index contributed by atoms with van der Waals surface area (Å²) in [6.07, 6.45) is 8.38. The van der Waals surface area contributed by atoms with Gasteiger partial charge in [-0.3, -0.25) is 14.8 Å². The molecule has 4 rings (SSSR count). The average Bonchev–Trinajstić information content (AvgIpc) is 2.77. The van der Waals surface area contributed by atoms with Crippen molar-refractivity contribution in [1.82, 2.24) is 19.9 Å². The number of ketones is 1. The number of pyridine rings is 2. The lowest BCUT2D eigenvalue weighted by Crippen LogP contribution is -2.07. The summed E-state index contributed by atoms with van der Waals surface area (Å²) in [4.78, 5) is 29.1. The fraction of sp³-hybridized carbons (Fsp3) is 0.0870. The van der Waals surface area contributed by atoms with Crippen LogP contribution in [0.4, 0.5) is 0 Å². The van der Waals surface area contributed by atoms with E-state index in [1.807, 2.05) is 25.1 Å². The first kappa shape index (κ1) is 19.7. The molecule has 3 aromatic heterocycles. The molecule has 0 aliphatic carbocycles. The quantitative estimate of drug-likeness (QED) is 0.406. The molecule has 4 aromatic rings. The molecule has 3 heterocycles. The molecule has 0 aliphatic heterocycles. The van der Waals surface area contributed by atoms with Crippen molar-refractivity contribution in [3.8, 4) is 22.9 Å². The molecular weight excluding hydrogens is 400 g/mol. The van der Waals surface area contributed by atoms with E-state index in [4.69, 9.17) is 16.3 Å². The molecule has 0 aliphatic rings. The maximum Gasteiger partial charge on any atom is 0.321 e. The van der Waals surface area contributed by atoms with Crippen LogP contribution in [0.25, 0.3) is 11.1 Å². The minimum atomic E-state index is -0.0165. The van der Waals surface area contributed by atoms with Gasteiger partial charge in [-0.25, -0.2) is 9.97 Å². The molecule has 0 unspecified atom stereocenters. The first-order valence-electron chi connectivity index (χ1n) is 9.24. The van der Waals surface area contributed by atoms with Crippen LogP contribution in [0.1, 0.15) is 21.6 Å². The van der Waals surface area contributed by atoms with Gasteiger partial charge in [0.15, 0.2) is 5.78 Å². The van der Waals surface area contributed by atoms with Crippen molar-refractivity contribution < 1.29 is 9.53 Å². The summed E-state index contributed by atoms with van der Waals surface area (Å²) in [6.45, 7) is 1.89. The minimum absolute atomic E-state index is 0.0165. The topological polar surface area (TPSA) is 77.9 Å². The molecular formula is C23H17ClN4O2. The summed E-state index contributed by atoms with van der Waals surface area (Å²) in [6, 6.07) is 12.8. The average molecular weight is 417 g/mol. The van der Waals surface area contributed by atoms with Crippen molar-refractivity contribution in [2.45, 2.75) is 13.3 Å². The second-order valence-corrected chi connectivity index (χ2v) is 7.01. The third-order valence-corrected chi connectivity index (χ3v) is 4.84. The number of nitrogens with zero attached hydrogens (tertiary/aromatic N) is 4. The Balaban J connectivity index is 1.53. The number of aryl methyl sites for hydroxylation is 1. The highest BCUT2D eigenvalue weighted by atomic mass is 35.5. The second-order valence-electron chi connectivity index (χ2n) is 6.60. The molecule has 0 N–H and O–H groups in total. The number of Topliss-reactive ketones (excluding diaryl/α,β-unsaturated/α-hetero) is 1. The van der Waals surface area contributed by atoms with E-state index in [1.54, 1.807) is 55.2 Å². The number of carbonyl (C=O) groups is 1. The summed E-state index contributed by atoms with van der Waals surface area (Å²) in [5.74, 6) is 0.545. The van der Waals surface area contributed by atoms with Gasteiger partial charge in [-0.15, -0.1) is 0 Å². The summed E-state index contributed by atoms with van der Waals surface area (Å²) in [5, 5.41) is 0.563. The zero-order valence-electron chi connectivity index (χ0n) is 16.1. The smallest absolute Gasteiger partial charge is 0.321 e. The summed E-state index contributed by atoms with van der Waals surface area (Å²) < 4.78 is 5.68. The molecule has 0 spiro atoms. The number of hydrogen-bond donors (Lipinski definition) is 0. The number of ether oxygens (including phenoxy) is 1. The van der Waals surface area contributed by atoms with E-state index in [2.05, 4.69) is 19.9 Å². The van der Waals surface area contributed by atoms with Gasteiger partial charge >= 0.3 is 6.01 Å². The Morgan fingerprint density at radius 3 is 2.57 bits per heavy atom. The van der Waals surface area contributed by atoms with Crippen LogP contribution in [0.5, 0.6) is 11.8 Å². The van der Waals surface area contributed by atoms with Crippen LogP contribution < -0.4 is 4.74 Å². The molecule has 30 heavy (non-hydrogen) atoms. The molecule has 7 heteroatoms. The van der Waals surface area contributed by atoms with Crippen molar-refractivity contribution in [3.05, 3.63) is 95.3 Å². The van der Waals surface area contributed by atoms with Crippen molar-refractivity contribution >= 4 is 17.4 Å². The van der Waals surface area contributed by atoms with Crippen LogP contribution in [-0.2, 0) is 6.42 Å². The van der Waals surface area contributed by atoms with E-state index in [9.17, 15) is 4.79 Å². The predicted octanol–water partition coefficient (Wildman–Crippen LogP) is 5.11. The summed E-state index contributed by atoms with van der Waals surface area (Å²) >= 11 is 6.38. The van der Waals surface area contributed by atoms with Gasteiger partial charge in [0.25, 0.3) is 0 Å². The standard InChI is InChI=1S/C23H17ClN4O2/c1-15-7-10-25-14-20(15)22(29)11-17-4-3-16(13-28-17)19-12-18(5-6-21(19)24)30-23-26-8-2-9-27-23/h2-10,12-14H,11H2,1H3.